The first kappa shape index (κ1) is 44.3. The predicted octanol–water partition coefficient (Wildman–Crippen LogP) is 11.5. The second-order valence-electron chi connectivity index (χ2n) is 10.3. The molecule has 0 bridgehead atoms. The van der Waals surface area contributed by atoms with Crippen molar-refractivity contribution < 1.29 is 19.1 Å². The van der Waals surface area contributed by atoms with Gasteiger partial charge in [-0.25, -0.2) is 0 Å². The van der Waals surface area contributed by atoms with Crippen LogP contribution in [0.25, 0.3) is 11.1 Å². The van der Waals surface area contributed by atoms with E-state index in [1.165, 1.54) is 5.56 Å². The van der Waals surface area contributed by atoms with Crippen molar-refractivity contribution in [2.24, 2.45) is 0 Å². The Kier molecular flexibility index (Phi) is 22.2. The van der Waals surface area contributed by atoms with Crippen LogP contribution in [0.15, 0.2) is 121 Å². The third-order valence-corrected chi connectivity index (χ3v) is 7.07. The fourth-order valence-electron chi connectivity index (χ4n) is 4.39. The average molecular weight is 707 g/mol. The molecular formula is C44H58N4O4. The molecule has 0 unspecified atom stereocenters. The molecule has 0 atom stereocenters. The highest BCUT2D eigenvalue weighted by Gasteiger charge is 2.03. The molecule has 5 rings (SSSR count). The summed E-state index contributed by atoms with van der Waals surface area (Å²) >= 11 is 0. The topological polar surface area (TPSA) is 101 Å². The molecule has 8 heteroatoms. The fraction of sp³-hybridized carbons (Fsp3) is 0.273. The number of benzene rings is 5. The Bertz CT molecular complexity index is 1700. The number of ether oxygens (including phenoxy) is 2. The molecular weight excluding hydrogens is 649 g/mol. The van der Waals surface area contributed by atoms with E-state index in [9.17, 15) is 9.59 Å². The molecule has 0 aromatic heterocycles. The molecule has 0 saturated heterocycles. The first-order valence-corrected chi connectivity index (χ1v) is 18.0. The molecule has 8 nitrogen and oxygen atoms in total. The molecule has 5 aromatic rings. The highest BCUT2D eigenvalue weighted by atomic mass is 16.5. The molecule has 0 aliphatic carbocycles. The quantitative estimate of drug-likeness (QED) is 0.0709. The summed E-state index contributed by atoms with van der Waals surface area (Å²) in [5, 5.41) is 12.5. The molecule has 0 saturated carbocycles. The van der Waals surface area contributed by atoms with Crippen LogP contribution in [0.3, 0.4) is 0 Å². The molecule has 0 heterocycles. The molecule has 278 valence electrons. The van der Waals surface area contributed by atoms with Gasteiger partial charge < -0.3 is 30.7 Å². The number of carbonyl (C=O) groups is 2. The molecule has 0 aliphatic heterocycles. The van der Waals surface area contributed by atoms with Gasteiger partial charge in [0.15, 0.2) is 25.0 Å². The zero-order valence-electron chi connectivity index (χ0n) is 32.6. The van der Waals surface area contributed by atoms with Crippen LogP contribution in [-0.2, 0) is 0 Å². The van der Waals surface area contributed by atoms with E-state index in [-0.39, 0.29) is 11.6 Å². The van der Waals surface area contributed by atoms with Gasteiger partial charge in [-0.1, -0.05) is 90.1 Å². The van der Waals surface area contributed by atoms with Gasteiger partial charge in [-0.3, -0.25) is 9.59 Å². The standard InChI is InChI=1S/C22H22N2O2.C16H18N2O2.3C2H6/c1-16(25)19-4-3-5-22(14-19)26-15-24-21-12-8-18(9-13-21)17-6-10-20(23-2)11-7-17;1-12(19)13-4-3-5-15(10-13)18-11-20-16-8-6-14(17-2)7-9-16;3*1-2/h3-14,23-24H,15H2,1-2H3;3-10,17-18H,11H2,1-2H3;3*1-2H3. The Balaban J connectivity index is 0.000000466. The molecule has 0 radical (unpaired) electrons. The van der Waals surface area contributed by atoms with E-state index in [1.54, 1.807) is 32.0 Å². The predicted molar refractivity (Wildman–Crippen MR) is 223 cm³/mol. The van der Waals surface area contributed by atoms with Gasteiger partial charge in [-0.2, -0.15) is 0 Å². The zero-order valence-corrected chi connectivity index (χ0v) is 32.6. The third-order valence-electron chi connectivity index (χ3n) is 7.07. The van der Waals surface area contributed by atoms with Gasteiger partial charge >= 0.3 is 0 Å². The van der Waals surface area contributed by atoms with Gasteiger partial charge in [0, 0.05) is 48.0 Å². The maximum Gasteiger partial charge on any atom is 0.159 e. The summed E-state index contributed by atoms with van der Waals surface area (Å²) in [5.41, 5.74) is 7.65. The van der Waals surface area contributed by atoms with Crippen LogP contribution in [0.2, 0.25) is 0 Å². The van der Waals surface area contributed by atoms with Crippen molar-refractivity contribution in [3.8, 4) is 22.6 Å². The SMILES string of the molecule is CC.CC.CC.CNc1ccc(-c2ccc(NCOc3cccc(C(C)=O)c3)cc2)cc1.CNc1ccc(OCNc2cccc(C(C)=O)c2)cc1. The summed E-state index contributed by atoms with van der Waals surface area (Å²) < 4.78 is 11.3. The van der Waals surface area contributed by atoms with E-state index in [0.29, 0.717) is 30.3 Å². The van der Waals surface area contributed by atoms with E-state index in [1.807, 2.05) is 122 Å². The summed E-state index contributed by atoms with van der Waals surface area (Å²) in [5.74, 6) is 1.55. The van der Waals surface area contributed by atoms with E-state index in [2.05, 4.69) is 57.7 Å². The maximum atomic E-state index is 11.4. The number of carbonyl (C=O) groups excluding carboxylic acids is 2. The van der Waals surface area contributed by atoms with Gasteiger partial charge in [0.05, 0.1) is 0 Å². The van der Waals surface area contributed by atoms with Gasteiger partial charge in [0.1, 0.15) is 11.5 Å². The van der Waals surface area contributed by atoms with Crippen molar-refractivity contribution in [1.82, 2.24) is 0 Å². The Morgan fingerprint density at radius 3 is 1.35 bits per heavy atom. The number of ketones is 2. The maximum absolute atomic E-state index is 11.4. The lowest BCUT2D eigenvalue weighted by Crippen LogP contribution is -2.09. The van der Waals surface area contributed by atoms with Crippen LogP contribution < -0.4 is 30.7 Å². The van der Waals surface area contributed by atoms with Crippen molar-refractivity contribution in [1.29, 1.82) is 0 Å². The van der Waals surface area contributed by atoms with Gasteiger partial charge in [-0.15, -0.1) is 0 Å². The van der Waals surface area contributed by atoms with Crippen molar-refractivity contribution in [3.05, 3.63) is 132 Å². The monoisotopic (exact) mass is 706 g/mol. The first-order valence-electron chi connectivity index (χ1n) is 18.0. The molecule has 0 fully saturated rings. The minimum absolute atomic E-state index is 0.0294. The van der Waals surface area contributed by atoms with E-state index >= 15 is 0 Å². The van der Waals surface area contributed by atoms with Crippen LogP contribution in [0.5, 0.6) is 11.5 Å². The Morgan fingerprint density at radius 2 is 0.865 bits per heavy atom. The number of anilines is 4. The molecule has 0 amide bonds. The van der Waals surface area contributed by atoms with Crippen molar-refractivity contribution in [3.63, 3.8) is 0 Å². The highest BCUT2D eigenvalue weighted by Crippen LogP contribution is 2.23. The summed E-state index contributed by atoms with van der Waals surface area (Å²) in [6.07, 6.45) is 0. The van der Waals surface area contributed by atoms with Crippen LogP contribution in [-0.4, -0.2) is 39.1 Å². The van der Waals surface area contributed by atoms with E-state index < -0.39 is 0 Å². The van der Waals surface area contributed by atoms with E-state index in [0.717, 1.165) is 34.1 Å². The van der Waals surface area contributed by atoms with Crippen LogP contribution in [0, 0.1) is 0 Å². The average Bonchev–Trinajstić information content (AvgIpc) is 3.21. The largest absolute Gasteiger partial charge is 0.473 e. The van der Waals surface area contributed by atoms with Gasteiger partial charge in [0.2, 0.25) is 0 Å². The molecule has 0 spiro atoms. The van der Waals surface area contributed by atoms with E-state index in [4.69, 9.17) is 9.47 Å². The molecule has 52 heavy (non-hydrogen) atoms. The number of hydrogen-bond acceptors (Lipinski definition) is 8. The van der Waals surface area contributed by atoms with Crippen molar-refractivity contribution >= 4 is 34.3 Å². The number of hydrogen-bond donors (Lipinski definition) is 4. The summed E-state index contributed by atoms with van der Waals surface area (Å²) in [4.78, 5) is 22.7. The second-order valence-corrected chi connectivity index (χ2v) is 10.3. The summed E-state index contributed by atoms with van der Waals surface area (Å²) in [6, 6.07) is 38.8. The normalized spacial score (nSPS) is 9.27. The van der Waals surface area contributed by atoms with Gasteiger partial charge in [0.25, 0.3) is 0 Å². The smallest absolute Gasteiger partial charge is 0.159 e. The lowest BCUT2D eigenvalue weighted by atomic mass is 10.1. The minimum Gasteiger partial charge on any atom is -0.473 e. The molecule has 4 N–H and O–H groups in total. The lowest BCUT2D eigenvalue weighted by Gasteiger charge is -2.10. The minimum atomic E-state index is 0.0294. The van der Waals surface area contributed by atoms with Crippen molar-refractivity contribution in [2.45, 2.75) is 55.4 Å². The second kappa shape index (κ2) is 26.1. The van der Waals surface area contributed by atoms with Crippen LogP contribution >= 0.6 is 0 Å². The highest BCUT2D eigenvalue weighted by molar-refractivity contribution is 5.95. The summed E-state index contributed by atoms with van der Waals surface area (Å²) in [7, 11) is 3.79. The Morgan fingerprint density at radius 1 is 0.462 bits per heavy atom. The number of Topliss-reactive ketones (excluding diaryl/α,β-unsaturated/α-hetero) is 2. The zero-order chi connectivity index (χ0) is 38.7. The van der Waals surface area contributed by atoms with Crippen LogP contribution in [0.4, 0.5) is 22.7 Å². The third kappa shape index (κ3) is 15.9. The number of nitrogens with one attached hydrogen (secondary N) is 4. The van der Waals surface area contributed by atoms with Crippen LogP contribution in [0.1, 0.15) is 76.1 Å². The Hall–Kier alpha value is -5.76. The summed E-state index contributed by atoms with van der Waals surface area (Å²) in [6.45, 7) is 15.8. The number of rotatable bonds is 13. The fourth-order valence-corrected chi connectivity index (χ4v) is 4.39. The van der Waals surface area contributed by atoms with Gasteiger partial charge in [-0.05, 0) is 97.8 Å². The Labute approximate surface area is 312 Å². The molecule has 0 aliphatic rings. The first-order chi connectivity index (χ1) is 25.3. The lowest BCUT2D eigenvalue weighted by molar-refractivity contribution is 0.100. The van der Waals surface area contributed by atoms with Crippen molar-refractivity contribution in [2.75, 3.05) is 48.8 Å². The molecule has 5 aromatic carbocycles.